The van der Waals surface area contributed by atoms with Crippen molar-refractivity contribution in [3.05, 3.63) is 33.6 Å². The fourth-order valence-corrected chi connectivity index (χ4v) is 1.51. The largest absolute Gasteiger partial charge is 0.419 e. The van der Waals surface area contributed by atoms with Gasteiger partial charge in [-0.15, -0.1) is 10.2 Å². The second kappa shape index (κ2) is 4.30. The normalized spacial score (nSPS) is 10.6. The molecule has 0 saturated carbocycles. The highest BCUT2D eigenvalue weighted by atomic mass is 79.9. The van der Waals surface area contributed by atoms with Crippen molar-refractivity contribution in [1.82, 2.24) is 10.2 Å². The Bertz CT molecular complexity index is 486. The summed E-state index contributed by atoms with van der Waals surface area (Å²) in [6.45, 7) is 0.233. The Hall–Kier alpha value is -0.910. The van der Waals surface area contributed by atoms with Gasteiger partial charge < -0.3 is 10.2 Å². The van der Waals surface area contributed by atoms with Gasteiger partial charge in [0, 0.05) is 10.0 Å². The molecular weight excluding hydrogens is 281 g/mol. The van der Waals surface area contributed by atoms with Crippen LogP contribution in [-0.2, 0) is 6.54 Å². The third-order valence-corrected chi connectivity index (χ3v) is 3.04. The summed E-state index contributed by atoms with van der Waals surface area (Å²) in [5.74, 6) is 0.828. The number of hydrogen-bond donors (Lipinski definition) is 1. The lowest BCUT2D eigenvalue weighted by Crippen LogP contribution is -1.95. The summed E-state index contributed by atoms with van der Waals surface area (Å²) in [5.41, 5.74) is 6.14. The van der Waals surface area contributed by atoms with Crippen LogP contribution < -0.4 is 5.73 Å². The lowest BCUT2D eigenvalue weighted by atomic mass is 10.2. The summed E-state index contributed by atoms with van der Waals surface area (Å²) in [7, 11) is 0. The highest BCUT2D eigenvalue weighted by molar-refractivity contribution is 9.10. The summed E-state index contributed by atoms with van der Waals surface area (Å²) >= 11 is 9.25. The minimum atomic E-state index is 0.233. The van der Waals surface area contributed by atoms with Crippen LogP contribution in [0.15, 0.2) is 27.1 Å². The third kappa shape index (κ3) is 2.19. The zero-order valence-electron chi connectivity index (χ0n) is 7.58. The highest BCUT2D eigenvalue weighted by Crippen LogP contribution is 2.27. The van der Waals surface area contributed by atoms with E-state index in [1.807, 2.05) is 12.1 Å². The smallest absolute Gasteiger partial charge is 0.247 e. The molecule has 6 heteroatoms. The molecule has 15 heavy (non-hydrogen) atoms. The van der Waals surface area contributed by atoms with Gasteiger partial charge in [-0.25, -0.2) is 0 Å². The van der Waals surface area contributed by atoms with Crippen LogP contribution in [0.5, 0.6) is 0 Å². The molecule has 0 saturated heterocycles. The molecule has 0 aliphatic heterocycles. The zero-order valence-corrected chi connectivity index (χ0v) is 9.92. The van der Waals surface area contributed by atoms with E-state index >= 15 is 0 Å². The Morgan fingerprint density at radius 1 is 1.40 bits per heavy atom. The van der Waals surface area contributed by atoms with Crippen LogP contribution in [0.25, 0.3) is 11.5 Å². The van der Waals surface area contributed by atoms with Crippen LogP contribution in [0.1, 0.15) is 5.89 Å². The van der Waals surface area contributed by atoms with Crippen LogP contribution >= 0.6 is 27.5 Å². The van der Waals surface area contributed by atoms with Crippen LogP contribution in [0.4, 0.5) is 0 Å². The van der Waals surface area contributed by atoms with E-state index in [0.29, 0.717) is 16.8 Å². The molecule has 2 rings (SSSR count). The quantitative estimate of drug-likeness (QED) is 0.922. The number of nitrogens with two attached hydrogens (primary N) is 1. The molecule has 0 amide bonds. The van der Waals surface area contributed by atoms with E-state index in [1.54, 1.807) is 6.07 Å². The summed E-state index contributed by atoms with van der Waals surface area (Å²) in [6, 6.07) is 5.41. The van der Waals surface area contributed by atoms with E-state index in [9.17, 15) is 0 Å². The summed E-state index contributed by atoms with van der Waals surface area (Å²) in [5, 5.41) is 8.22. The molecule has 0 unspecified atom stereocenters. The summed E-state index contributed by atoms with van der Waals surface area (Å²) in [6.07, 6.45) is 0. The van der Waals surface area contributed by atoms with E-state index < -0.39 is 0 Å². The van der Waals surface area contributed by atoms with E-state index in [4.69, 9.17) is 21.8 Å². The van der Waals surface area contributed by atoms with Gasteiger partial charge in [-0.1, -0.05) is 11.6 Å². The fourth-order valence-electron chi connectivity index (χ4n) is 1.08. The van der Waals surface area contributed by atoms with Crippen LogP contribution in [0.3, 0.4) is 0 Å². The molecule has 78 valence electrons. The van der Waals surface area contributed by atoms with Crippen molar-refractivity contribution in [2.75, 3.05) is 0 Å². The van der Waals surface area contributed by atoms with Gasteiger partial charge in [0.25, 0.3) is 0 Å². The minimum absolute atomic E-state index is 0.233. The number of hydrogen-bond acceptors (Lipinski definition) is 4. The molecule has 2 aromatic rings. The van der Waals surface area contributed by atoms with Crippen molar-refractivity contribution in [1.29, 1.82) is 0 Å². The number of aromatic nitrogens is 2. The average molecular weight is 289 g/mol. The van der Waals surface area contributed by atoms with Gasteiger partial charge >= 0.3 is 0 Å². The van der Waals surface area contributed by atoms with Crippen molar-refractivity contribution in [3.8, 4) is 11.5 Å². The molecular formula is C9H7BrClN3O. The predicted octanol–water partition coefficient (Wildman–Crippen LogP) is 2.61. The molecule has 0 spiro atoms. The van der Waals surface area contributed by atoms with E-state index in [1.165, 1.54) is 0 Å². The minimum Gasteiger partial charge on any atom is -0.419 e. The first kappa shape index (κ1) is 10.6. The first-order chi connectivity index (χ1) is 7.20. The SMILES string of the molecule is NCc1nnc(-c2ccc(Br)c(Cl)c2)o1. The number of halogens is 2. The summed E-state index contributed by atoms with van der Waals surface area (Å²) < 4.78 is 6.12. The van der Waals surface area contributed by atoms with Crippen molar-refractivity contribution >= 4 is 27.5 Å². The maximum Gasteiger partial charge on any atom is 0.247 e. The topological polar surface area (TPSA) is 64.9 Å². The first-order valence-corrected chi connectivity index (χ1v) is 5.35. The molecule has 2 N–H and O–H groups in total. The molecule has 0 atom stereocenters. The van der Waals surface area contributed by atoms with Crippen molar-refractivity contribution in [3.63, 3.8) is 0 Å². The monoisotopic (exact) mass is 287 g/mol. The van der Waals surface area contributed by atoms with Gasteiger partial charge in [0.2, 0.25) is 11.8 Å². The van der Waals surface area contributed by atoms with Crippen molar-refractivity contribution in [2.45, 2.75) is 6.54 Å². The van der Waals surface area contributed by atoms with Gasteiger partial charge in [-0.05, 0) is 34.1 Å². The Morgan fingerprint density at radius 3 is 2.80 bits per heavy atom. The molecule has 0 aliphatic rings. The van der Waals surface area contributed by atoms with Crippen LogP contribution in [-0.4, -0.2) is 10.2 Å². The third-order valence-electron chi connectivity index (χ3n) is 1.81. The molecule has 0 aliphatic carbocycles. The molecule has 0 bridgehead atoms. The fraction of sp³-hybridized carbons (Fsp3) is 0.111. The number of rotatable bonds is 2. The second-order valence-corrected chi connectivity index (χ2v) is 4.10. The summed E-state index contributed by atoms with van der Waals surface area (Å²) in [4.78, 5) is 0. The molecule has 1 heterocycles. The molecule has 4 nitrogen and oxygen atoms in total. The molecule has 1 aromatic heterocycles. The predicted molar refractivity (Wildman–Crippen MR) is 60.3 cm³/mol. The van der Waals surface area contributed by atoms with Crippen molar-refractivity contribution < 1.29 is 4.42 Å². The standard InChI is InChI=1S/C9H7BrClN3O/c10-6-2-1-5(3-7(6)11)9-14-13-8(4-12)15-9/h1-3H,4,12H2. The van der Waals surface area contributed by atoms with Gasteiger partial charge in [0.1, 0.15) is 0 Å². The van der Waals surface area contributed by atoms with E-state index in [-0.39, 0.29) is 6.54 Å². The molecule has 0 fully saturated rings. The lowest BCUT2D eigenvalue weighted by molar-refractivity contribution is 0.508. The number of nitrogens with zero attached hydrogens (tertiary/aromatic N) is 2. The van der Waals surface area contributed by atoms with Gasteiger partial charge in [0.15, 0.2) is 0 Å². The molecule has 0 radical (unpaired) electrons. The Morgan fingerprint density at radius 2 is 2.20 bits per heavy atom. The average Bonchev–Trinajstić information content (AvgIpc) is 2.70. The second-order valence-electron chi connectivity index (χ2n) is 2.83. The van der Waals surface area contributed by atoms with Gasteiger partial charge in [0.05, 0.1) is 11.6 Å². The van der Waals surface area contributed by atoms with Crippen LogP contribution in [0.2, 0.25) is 5.02 Å². The Balaban J connectivity index is 2.40. The first-order valence-electron chi connectivity index (χ1n) is 4.18. The van der Waals surface area contributed by atoms with Crippen molar-refractivity contribution in [2.24, 2.45) is 5.73 Å². The lowest BCUT2D eigenvalue weighted by Gasteiger charge is -1.97. The van der Waals surface area contributed by atoms with E-state index in [0.717, 1.165) is 10.0 Å². The number of benzene rings is 1. The van der Waals surface area contributed by atoms with E-state index in [2.05, 4.69) is 26.1 Å². The zero-order chi connectivity index (χ0) is 10.8. The molecule has 1 aromatic carbocycles. The maximum absolute atomic E-state index is 5.94. The Kier molecular flexibility index (Phi) is 3.04. The van der Waals surface area contributed by atoms with Gasteiger partial charge in [-0.3, -0.25) is 0 Å². The Labute approximate surface area is 99.6 Å². The maximum atomic E-state index is 5.94. The highest BCUT2D eigenvalue weighted by Gasteiger charge is 2.08. The van der Waals surface area contributed by atoms with Gasteiger partial charge in [-0.2, -0.15) is 0 Å². The van der Waals surface area contributed by atoms with Crippen LogP contribution in [0, 0.1) is 0 Å².